The van der Waals surface area contributed by atoms with Crippen molar-refractivity contribution in [3.05, 3.63) is 59.3 Å². The lowest BCUT2D eigenvalue weighted by Gasteiger charge is -2.40. The highest BCUT2D eigenvalue weighted by molar-refractivity contribution is 6.13. The Bertz CT molecular complexity index is 1360. The van der Waals surface area contributed by atoms with Crippen LogP contribution in [-0.2, 0) is 16.1 Å². The summed E-state index contributed by atoms with van der Waals surface area (Å²) in [5.74, 6) is -1.93. The van der Waals surface area contributed by atoms with Gasteiger partial charge < -0.3 is 9.67 Å². The van der Waals surface area contributed by atoms with E-state index in [2.05, 4.69) is 54.6 Å². The molecule has 32 heavy (non-hydrogen) atoms. The van der Waals surface area contributed by atoms with Gasteiger partial charge in [0.1, 0.15) is 5.78 Å². The molecule has 2 unspecified atom stereocenters. The van der Waals surface area contributed by atoms with E-state index in [0.29, 0.717) is 18.5 Å². The number of rotatable bonds is 3. The first kappa shape index (κ1) is 20.7. The molecule has 1 aromatic heterocycles. The molecule has 5 nitrogen and oxygen atoms in total. The van der Waals surface area contributed by atoms with E-state index >= 15 is 0 Å². The molecule has 1 aliphatic heterocycles. The number of nitrogens with zero attached hydrogens (tertiary/aromatic N) is 2. The van der Waals surface area contributed by atoms with E-state index in [9.17, 15) is 14.7 Å². The van der Waals surface area contributed by atoms with Crippen molar-refractivity contribution in [2.75, 3.05) is 0 Å². The van der Waals surface area contributed by atoms with Crippen molar-refractivity contribution in [1.29, 1.82) is 0 Å². The van der Waals surface area contributed by atoms with E-state index in [4.69, 9.17) is 0 Å². The van der Waals surface area contributed by atoms with Gasteiger partial charge in [0.25, 0.3) is 0 Å². The number of carbonyl (C=O) groups is 2. The molecular formula is C27H28N2O3. The molecule has 5 heteroatoms. The zero-order valence-corrected chi connectivity index (χ0v) is 19.0. The van der Waals surface area contributed by atoms with Crippen molar-refractivity contribution in [3.8, 4) is 0 Å². The van der Waals surface area contributed by atoms with E-state index in [1.165, 1.54) is 0 Å². The molecule has 0 radical (unpaired) electrons. The molecule has 0 amide bonds. The molecule has 2 heterocycles. The van der Waals surface area contributed by atoms with Crippen LogP contribution in [0.4, 0.5) is 0 Å². The van der Waals surface area contributed by atoms with Crippen molar-refractivity contribution in [1.82, 2.24) is 4.57 Å². The number of aliphatic carboxylic acids is 1. The van der Waals surface area contributed by atoms with Crippen LogP contribution in [0.1, 0.15) is 52.0 Å². The summed E-state index contributed by atoms with van der Waals surface area (Å²) in [4.78, 5) is 30.3. The summed E-state index contributed by atoms with van der Waals surface area (Å²) in [5.41, 5.74) is 4.58. The number of hydrogen-bond acceptors (Lipinski definition) is 3. The zero-order valence-electron chi connectivity index (χ0n) is 19.0. The fourth-order valence-electron chi connectivity index (χ4n) is 5.84. The first-order valence-electron chi connectivity index (χ1n) is 11.3. The third-order valence-electron chi connectivity index (χ3n) is 7.07. The minimum Gasteiger partial charge on any atom is -0.478 e. The Hall–Kier alpha value is -3.21. The average molecular weight is 429 g/mol. The summed E-state index contributed by atoms with van der Waals surface area (Å²) in [5, 5.41) is 12.3. The van der Waals surface area contributed by atoms with Crippen molar-refractivity contribution in [2.24, 2.45) is 16.3 Å². The number of Topliss-reactive ketones (excluding diaryl/α,β-unsaturated/α-hetero) is 1. The van der Waals surface area contributed by atoms with Gasteiger partial charge in [0.05, 0.1) is 11.5 Å². The molecule has 1 aliphatic carbocycles. The van der Waals surface area contributed by atoms with E-state index in [1.54, 1.807) is 6.92 Å². The number of carbonyl (C=O) groups excluding carboxylic acids is 1. The lowest BCUT2D eigenvalue weighted by Crippen LogP contribution is -2.43. The predicted octanol–water partition coefficient (Wildman–Crippen LogP) is 5.72. The fraction of sp³-hybridized carbons (Fsp3) is 0.370. The summed E-state index contributed by atoms with van der Waals surface area (Å²) in [6.45, 7) is 8.89. The van der Waals surface area contributed by atoms with Gasteiger partial charge in [-0.1, -0.05) is 38.1 Å². The van der Waals surface area contributed by atoms with Crippen LogP contribution < -0.4 is 0 Å². The normalized spacial score (nSPS) is 22.9. The minimum absolute atomic E-state index is 0.0901. The molecule has 0 bridgehead atoms. The average Bonchev–Trinajstić information content (AvgIpc) is 3.04. The molecule has 2 aliphatic rings. The van der Waals surface area contributed by atoms with Crippen LogP contribution in [0.15, 0.2) is 58.7 Å². The predicted molar refractivity (Wildman–Crippen MR) is 127 cm³/mol. The number of hydrogen-bond donors (Lipinski definition) is 1. The largest absolute Gasteiger partial charge is 0.478 e. The van der Waals surface area contributed by atoms with Crippen LogP contribution in [0.5, 0.6) is 0 Å². The summed E-state index contributed by atoms with van der Waals surface area (Å²) >= 11 is 0. The van der Waals surface area contributed by atoms with Gasteiger partial charge in [0.15, 0.2) is 0 Å². The van der Waals surface area contributed by atoms with Crippen LogP contribution in [0.2, 0.25) is 0 Å². The van der Waals surface area contributed by atoms with Gasteiger partial charge in [-0.05, 0) is 49.4 Å². The zero-order chi connectivity index (χ0) is 22.8. The smallest absolute Gasteiger partial charge is 0.334 e. The maximum absolute atomic E-state index is 13.3. The number of aromatic nitrogens is 1. The van der Waals surface area contributed by atoms with Gasteiger partial charge in [0, 0.05) is 52.1 Å². The quantitative estimate of drug-likeness (QED) is 0.580. The number of allylic oxidation sites excluding steroid dienone is 1. The van der Waals surface area contributed by atoms with E-state index < -0.39 is 17.8 Å². The van der Waals surface area contributed by atoms with Crippen molar-refractivity contribution < 1.29 is 14.7 Å². The molecule has 164 valence electrons. The van der Waals surface area contributed by atoms with Crippen LogP contribution in [-0.4, -0.2) is 27.1 Å². The van der Waals surface area contributed by atoms with Gasteiger partial charge >= 0.3 is 5.97 Å². The number of ketones is 1. The summed E-state index contributed by atoms with van der Waals surface area (Å²) in [6, 6.07) is 14.5. The minimum atomic E-state index is -0.996. The highest BCUT2D eigenvalue weighted by atomic mass is 16.4. The number of carboxylic acids is 1. The van der Waals surface area contributed by atoms with Gasteiger partial charge in [0.2, 0.25) is 0 Å². The topological polar surface area (TPSA) is 71.7 Å². The standard InChI is InChI=1S/C27H28N2O3/c1-5-29-20-9-7-6-8-17(20)18-12-16(10-11-21(18)29)24-23(26(31)32)15(2)28-19-13-27(3,4)14-22(30)25(19)24/h6-12,24-25H,5,13-14H2,1-4H3,(H,31,32). The SMILES string of the molecule is CCn1c2ccccc2c2cc(C3C(C(=O)O)=C(C)N=C4CC(C)(C)CC(=O)C43)ccc21. The van der Waals surface area contributed by atoms with Gasteiger partial charge in [-0.25, -0.2) is 4.79 Å². The number of para-hydroxylation sites is 1. The second kappa shape index (κ2) is 7.16. The molecule has 0 saturated heterocycles. The Balaban J connectivity index is 1.75. The Labute approximate surface area is 187 Å². The number of aliphatic imine (C=N–C) groups is 1. The molecule has 5 rings (SSSR count). The molecule has 1 N–H and O–H groups in total. The third-order valence-corrected chi connectivity index (χ3v) is 7.07. The summed E-state index contributed by atoms with van der Waals surface area (Å²) in [7, 11) is 0. The second-order valence-electron chi connectivity index (χ2n) is 9.88. The number of carboxylic acid groups (broad SMARTS) is 1. The van der Waals surface area contributed by atoms with Crippen molar-refractivity contribution in [3.63, 3.8) is 0 Å². The van der Waals surface area contributed by atoms with Crippen LogP contribution >= 0.6 is 0 Å². The molecule has 1 saturated carbocycles. The Morgan fingerprint density at radius 3 is 2.53 bits per heavy atom. The molecule has 0 spiro atoms. The lowest BCUT2D eigenvalue weighted by atomic mass is 9.63. The summed E-state index contributed by atoms with van der Waals surface area (Å²) < 4.78 is 2.27. The first-order valence-corrected chi connectivity index (χ1v) is 11.3. The second-order valence-corrected chi connectivity index (χ2v) is 9.88. The number of benzene rings is 2. The molecule has 2 atom stereocenters. The molecule has 2 aromatic carbocycles. The molecule has 3 aromatic rings. The molecular weight excluding hydrogens is 400 g/mol. The number of fused-ring (bicyclic) bond motifs is 4. The Kier molecular flexibility index (Phi) is 4.63. The molecule has 1 fully saturated rings. The van der Waals surface area contributed by atoms with Crippen molar-refractivity contribution in [2.45, 2.75) is 53.0 Å². The maximum atomic E-state index is 13.3. The van der Waals surface area contributed by atoms with Crippen molar-refractivity contribution >= 4 is 39.3 Å². The fourth-order valence-corrected chi connectivity index (χ4v) is 5.84. The highest BCUT2D eigenvalue weighted by Gasteiger charge is 2.47. The lowest BCUT2D eigenvalue weighted by molar-refractivity contribution is -0.133. The Morgan fingerprint density at radius 1 is 1.09 bits per heavy atom. The Morgan fingerprint density at radius 2 is 1.81 bits per heavy atom. The van der Waals surface area contributed by atoms with Gasteiger partial charge in [-0.2, -0.15) is 0 Å². The van der Waals surface area contributed by atoms with Gasteiger partial charge in [-0.15, -0.1) is 0 Å². The van der Waals surface area contributed by atoms with Crippen LogP contribution in [0.3, 0.4) is 0 Å². The highest BCUT2D eigenvalue weighted by Crippen LogP contribution is 2.47. The number of aryl methyl sites for hydroxylation is 1. The summed E-state index contributed by atoms with van der Waals surface area (Å²) in [6.07, 6.45) is 1.15. The van der Waals surface area contributed by atoms with Crippen LogP contribution in [0.25, 0.3) is 21.8 Å². The van der Waals surface area contributed by atoms with Gasteiger partial charge in [-0.3, -0.25) is 9.79 Å². The van der Waals surface area contributed by atoms with Crippen LogP contribution in [0, 0.1) is 11.3 Å². The van der Waals surface area contributed by atoms with E-state index in [-0.39, 0.29) is 16.8 Å². The van der Waals surface area contributed by atoms with E-state index in [0.717, 1.165) is 39.6 Å². The van der Waals surface area contributed by atoms with E-state index in [1.807, 2.05) is 18.2 Å². The third kappa shape index (κ3) is 3.02. The monoisotopic (exact) mass is 428 g/mol. The maximum Gasteiger partial charge on any atom is 0.334 e. The first-order chi connectivity index (χ1) is 15.2.